The van der Waals surface area contributed by atoms with E-state index in [9.17, 15) is 8.78 Å². The van der Waals surface area contributed by atoms with Crippen molar-refractivity contribution in [3.63, 3.8) is 0 Å². The molecule has 2 rings (SSSR count). The number of halogens is 3. The summed E-state index contributed by atoms with van der Waals surface area (Å²) in [5.41, 5.74) is 2.68. The third-order valence-electron chi connectivity index (χ3n) is 3.54. The Balaban J connectivity index is 2.33. The van der Waals surface area contributed by atoms with Crippen molar-refractivity contribution < 1.29 is 8.78 Å². The van der Waals surface area contributed by atoms with Gasteiger partial charge in [-0.15, -0.1) is 0 Å². The van der Waals surface area contributed by atoms with Gasteiger partial charge in [0.25, 0.3) is 0 Å². The number of likely N-dealkylation sites (N-methyl/N-ethyl adjacent to an activating group) is 1. The van der Waals surface area contributed by atoms with Gasteiger partial charge in [0.1, 0.15) is 0 Å². The Hall–Kier alpha value is -1.27. The minimum atomic E-state index is -0.829. The number of hydrogen-bond donors (Lipinski definition) is 1. The predicted octanol–water partition coefficient (Wildman–Crippen LogP) is 3.76. The fourth-order valence-electron chi connectivity index (χ4n) is 2.37. The van der Waals surface area contributed by atoms with Gasteiger partial charge in [-0.1, -0.05) is 6.07 Å². The number of aryl methyl sites for hydroxylation is 2. The van der Waals surface area contributed by atoms with Crippen molar-refractivity contribution >= 4 is 15.9 Å². The molecule has 2 aromatic rings. The molecule has 0 aliphatic carbocycles. The second-order valence-corrected chi connectivity index (χ2v) is 5.67. The molecule has 0 spiro atoms. The standard InChI is InChI=1S/C15H18BrF2N3/c1-4-21-14(15(16)9(2)20-21)8-13(19-3)10-5-6-11(17)12(18)7-10/h5-7,13,19H,4,8H2,1-3H3. The normalized spacial score (nSPS) is 12.7. The molecule has 6 heteroatoms. The molecule has 1 unspecified atom stereocenters. The van der Waals surface area contributed by atoms with E-state index in [4.69, 9.17) is 0 Å². The van der Waals surface area contributed by atoms with E-state index in [1.54, 1.807) is 13.1 Å². The molecule has 114 valence electrons. The highest BCUT2D eigenvalue weighted by molar-refractivity contribution is 9.10. The summed E-state index contributed by atoms with van der Waals surface area (Å²) in [6.45, 7) is 4.72. The highest BCUT2D eigenvalue weighted by Gasteiger charge is 2.19. The molecule has 0 radical (unpaired) electrons. The number of hydrogen-bond acceptors (Lipinski definition) is 2. The Bertz CT molecular complexity index is 640. The molecule has 1 aromatic heterocycles. The lowest BCUT2D eigenvalue weighted by molar-refractivity contribution is 0.497. The van der Waals surface area contributed by atoms with Gasteiger partial charge in [0, 0.05) is 19.0 Å². The Kier molecular flexibility index (Phi) is 5.11. The zero-order valence-electron chi connectivity index (χ0n) is 12.3. The zero-order chi connectivity index (χ0) is 15.6. The topological polar surface area (TPSA) is 29.9 Å². The van der Waals surface area contributed by atoms with E-state index in [-0.39, 0.29) is 6.04 Å². The third-order valence-corrected chi connectivity index (χ3v) is 4.58. The Labute approximate surface area is 131 Å². The lowest BCUT2D eigenvalue weighted by Crippen LogP contribution is -2.21. The van der Waals surface area contributed by atoms with Crippen molar-refractivity contribution in [2.24, 2.45) is 0 Å². The third kappa shape index (κ3) is 3.32. The Morgan fingerprint density at radius 1 is 1.33 bits per heavy atom. The smallest absolute Gasteiger partial charge is 0.159 e. The first-order chi connectivity index (χ1) is 9.97. The first-order valence-corrected chi connectivity index (χ1v) is 7.61. The van der Waals surface area contributed by atoms with Crippen LogP contribution in [0.3, 0.4) is 0 Å². The van der Waals surface area contributed by atoms with Crippen LogP contribution in [-0.2, 0) is 13.0 Å². The molecule has 3 nitrogen and oxygen atoms in total. The van der Waals surface area contributed by atoms with Crippen molar-refractivity contribution in [1.29, 1.82) is 0 Å². The summed E-state index contributed by atoms with van der Waals surface area (Å²) in [6, 6.07) is 3.89. The minimum Gasteiger partial charge on any atom is -0.313 e. The van der Waals surface area contributed by atoms with E-state index in [1.165, 1.54) is 6.07 Å². The van der Waals surface area contributed by atoms with Crippen LogP contribution in [0, 0.1) is 18.6 Å². The molecule has 1 aromatic carbocycles. The lowest BCUT2D eigenvalue weighted by atomic mass is 10.0. The van der Waals surface area contributed by atoms with Gasteiger partial charge >= 0.3 is 0 Å². The van der Waals surface area contributed by atoms with Crippen LogP contribution in [0.2, 0.25) is 0 Å². The van der Waals surface area contributed by atoms with Crippen LogP contribution in [0.25, 0.3) is 0 Å². The number of aromatic nitrogens is 2. The maximum atomic E-state index is 13.4. The van der Waals surface area contributed by atoms with Gasteiger partial charge in [-0.2, -0.15) is 5.10 Å². The predicted molar refractivity (Wildman–Crippen MR) is 82.2 cm³/mol. The van der Waals surface area contributed by atoms with E-state index in [0.29, 0.717) is 12.0 Å². The summed E-state index contributed by atoms with van der Waals surface area (Å²) < 4.78 is 29.4. The van der Waals surface area contributed by atoms with Crippen molar-refractivity contribution in [3.05, 3.63) is 51.3 Å². The van der Waals surface area contributed by atoms with Crippen LogP contribution in [-0.4, -0.2) is 16.8 Å². The van der Waals surface area contributed by atoms with E-state index in [0.717, 1.165) is 28.5 Å². The number of nitrogens with one attached hydrogen (secondary N) is 1. The highest BCUT2D eigenvalue weighted by atomic mass is 79.9. The van der Waals surface area contributed by atoms with Crippen LogP contribution in [0.4, 0.5) is 8.78 Å². The van der Waals surface area contributed by atoms with Crippen LogP contribution in [0.15, 0.2) is 22.7 Å². The Morgan fingerprint density at radius 3 is 2.62 bits per heavy atom. The largest absolute Gasteiger partial charge is 0.313 e. The van der Waals surface area contributed by atoms with Gasteiger partial charge in [0.15, 0.2) is 11.6 Å². The zero-order valence-corrected chi connectivity index (χ0v) is 13.8. The quantitative estimate of drug-likeness (QED) is 0.882. The summed E-state index contributed by atoms with van der Waals surface area (Å²) in [7, 11) is 1.80. The first kappa shape index (κ1) is 16.1. The molecule has 0 aliphatic rings. The van der Waals surface area contributed by atoms with Gasteiger partial charge in [0.05, 0.1) is 15.9 Å². The van der Waals surface area contributed by atoms with E-state index in [2.05, 4.69) is 26.3 Å². The van der Waals surface area contributed by atoms with E-state index < -0.39 is 11.6 Å². The fraction of sp³-hybridized carbons (Fsp3) is 0.400. The molecule has 21 heavy (non-hydrogen) atoms. The molecule has 1 atom stereocenters. The molecular formula is C15H18BrF2N3. The average Bonchev–Trinajstić information content (AvgIpc) is 2.75. The van der Waals surface area contributed by atoms with Crippen LogP contribution < -0.4 is 5.32 Å². The molecule has 0 aliphatic heterocycles. The first-order valence-electron chi connectivity index (χ1n) is 6.81. The maximum Gasteiger partial charge on any atom is 0.159 e. The van der Waals surface area contributed by atoms with Crippen LogP contribution in [0.5, 0.6) is 0 Å². The highest BCUT2D eigenvalue weighted by Crippen LogP contribution is 2.27. The van der Waals surface area contributed by atoms with Gasteiger partial charge in [-0.05, 0) is 54.5 Å². The van der Waals surface area contributed by atoms with Crippen molar-refractivity contribution in [2.45, 2.75) is 32.9 Å². The lowest BCUT2D eigenvalue weighted by Gasteiger charge is -2.18. The number of rotatable bonds is 5. The molecule has 0 saturated heterocycles. The van der Waals surface area contributed by atoms with Gasteiger partial charge in [-0.3, -0.25) is 4.68 Å². The van der Waals surface area contributed by atoms with Crippen molar-refractivity contribution in [1.82, 2.24) is 15.1 Å². The summed E-state index contributed by atoms with van der Waals surface area (Å²) in [4.78, 5) is 0. The second kappa shape index (κ2) is 6.66. The van der Waals surface area contributed by atoms with Gasteiger partial charge in [0.2, 0.25) is 0 Å². The number of benzene rings is 1. The molecule has 0 fully saturated rings. The average molecular weight is 358 g/mol. The van der Waals surface area contributed by atoms with E-state index >= 15 is 0 Å². The monoisotopic (exact) mass is 357 g/mol. The van der Waals surface area contributed by atoms with Gasteiger partial charge < -0.3 is 5.32 Å². The SMILES string of the molecule is CCn1nc(C)c(Br)c1CC(NC)c1ccc(F)c(F)c1. The summed E-state index contributed by atoms with van der Waals surface area (Å²) in [6.07, 6.45) is 0.636. The minimum absolute atomic E-state index is 0.113. The van der Waals surface area contributed by atoms with Crippen molar-refractivity contribution in [2.75, 3.05) is 7.05 Å². The summed E-state index contributed by atoms with van der Waals surface area (Å²) >= 11 is 3.55. The molecule has 0 saturated carbocycles. The Morgan fingerprint density at radius 2 is 2.05 bits per heavy atom. The van der Waals surface area contributed by atoms with E-state index in [1.807, 2.05) is 18.5 Å². The fourth-order valence-corrected chi connectivity index (χ4v) is 2.82. The molecule has 1 N–H and O–H groups in total. The molecule has 0 bridgehead atoms. The maximum absolute atomic E-state index is 13.4. The molecule has 1 heterocycles. The van der Waals surface area contributed by atoms with Crippen molar-refractivity contribution in [3.8, 4) is 0 Å². The summed E-state index contributed by atoms with van der Waals surface area (Å²) in [5, 5.41) is 7.60. The molecule has 0 amide bonds. The van der Waals surface area contributed by atoms with Crippen LogP contribution in [0.1, 0.15) is 29.9 Å². The number of nitrogens with zero attached hydrogens (tertiary/aromatic N) is 2. The van der Waals surface area contributed by atoms with Gasteiger partial charge in [-0.25, -0.2) is 8.78 Å². The molecular weight excluding hydrogens is 340 g/mol. The van der Waals surface area contributed by atoms with Crippen LogP contribution >= 0.6 is 15.9 Å². The summed E-state index contributed by atoms with van der Waals surface area (Å²) in [5.74, 6) is -1.66. The second-order valence-electron chi connectivity index (χ2n) is 4.88.